The maximum atomic E-state index is 12.9. The number of Topliss-reactive ketones (excluding diaryl/α,β-unsaturated/α-hetero) is 1. The fraction of sp³-hybridized carbons (Fsp3) is 0.318. The molecule has 0 unspecified atom stereocenters. The van der Waals surface area contributed by atoms with Gasteiger partial charge in [-0.15, -0.1) is 11.3 Å². The summed E-state index contributed by atoms with van der Waals surface area (Å²) in [6.45, 7) is 2.20. The molecule has 0 N–H and O–H groups in total. The molecule has 1 aromatic heterocycles. The van der Waals surface area contributed by atoms with Gasteiger partial charge in [0.2, 0.25) is 0 Å². The summed E-state index contributed by atoms with van der Waals surface area (Å²) in [5.74, 6) is 1.37. The number of hydrogen-bond acceptors (Lipinski definition) is 6. The molecule has 7 heteroatoms. The van der Waals surface area contributed by atoms with E-state index in [4.69, 9.17) is 9.47 Å². The number of ketones is 1. The van der Waals surface area contributed by atoms with Crippen LogP contribution in [0, 0.1) is 5.92 Å². The summed E-state index contributed by atoms with van der Waals surface area (Å²) in [6.07, 6.45) is 1.34. The van der Waals surface area contributed by atoms with Crippen LogP contribution in [0.3, 0.4) is 0 Å². The van der Waals surface area contributed by atoms with Gasteiger partial charge in [0.1, 0.15) is 13.2 Å². The second kappa shape index (κ2) is 7.48. The average molecular weight is 408 g/mol. The molecular formula is C22H20N2O4S. The number of thiazole rings is 1. The van der Waals surface area contributed by atoms with Gasteiger partial charge >= 0.3 is 0 Å². The third-order valence-electron chi connectivity index (χ3n) is 5.56. The summed E-state index contributed by atoms with van der Waals surface area (Å²) in [4.78, 5) is 31.9. The fourth-order valence-corrected chi connectivity index (χ4v) is 4.66. The zero-order valence-corrected chi connectivity index (χ0v) is 16.6. The topological polar surface area (TPSA) is 68.7 Å². The summed E-state index contributed by atoms with van der Waals surface area (Å²) < 4.78 is 12.1. The Bertz CT molecular complexity index is 1090. The Balaban J connectivity index is 1.25. The Morgan fingerprint density at radius 1 is 0.966 bits per heavy atom. The minimum Gasteiger partial charge on any atom is -0.486 e. The van der Waals surface area contributed by atoms with Gasteiger partial charge in [-0.2, -0.15) is 0 Å². The van der Waals surface area contributed by atoms with E-state index in [-0.39, 0.29) is 17.6 Å². The van der Waals surface area contributed by atoms with Crippen LogP contribution in [0.25, 0.3) is 10.2 Å². The number of likely N-dealkylation sites (tertiary alicyclic amines) is 1. The Morgan fingerprint density at radius 2 is 1.72 bits per heavy atom. The minimum absolute atomic E-state index is 0.0190. The Morgan fingerprint density at radius 3 is 2.55 bits per heavy atom. The van der Waals surface area contributed by atoms with Crippen molar-refractivity contribution < 1.29 is 19.1 Å². The van der Waals surface area contributed by atoms with Crippen molar-refractivity contribution in [1.82, 2.24) is 9.88 Å². The lowest BCUT2D eigenvalue weighted by Gasteiger charge is -2.31. The highest BCUT2D eigenvalue weighted by molar-refractivity contribution is 7.16. The summed E-state index contributed by atoms with van der Waals surface area (Å²) >= 11 is 1.53. The number of hydrogen-bond donors (Lipinski definition) is 0. The summed E-state index contributed by atoms with van der Waals surface area (Å²) in [6, 6.07) is 11.0. The van der Waals surface area contributed by atoms with Crippen molar-refractivity contribution in [2.45, 2.75) is 12.8 Å². The number of carbonyl (C=O) groups is 2. The van der Waals surface area contributed by atoms with Crippen LogP contribution in [0.15, 0.2) is 41.9 Å². The minimum atomic E-state index is -0.0782. The first-order valence-corrected chi connectivity index (χ1v) is 10.6. The SMILES string of the molecule is O=C(c1ccc2c(c1)OCCO2)C1CCN(C(=O)c2ccc3ncsc3c2)CC1. The van der Waals surface area contributed by atoms with Crippen molar-refractivity contribution >= 4 is 33.2 Å². The number of piperidine rings is 1. The molecule has 6 nitrogen and oxygen atoms in total. The van der Waals surface area contributed by atoms with E-state index < -0.39 is 0 Å². The van der Waals surface area contributed by atoms with Crippen LogP contribution in [-0.2, 0) is 0 Å². The quantitative estimate of drug-likeness (QED) is 0.617. The van der Waals surface area contributed by atoms with Gasteiger partial charge in [0.15, 0.2) is 17.3 Å². The number of carbonyl (C=O) groups excluding carboxylic acids is 2. The predicted molar refractivity (Wildman–Crippen MR) is 110 cm³/mol. The normalized spacial score (nSPS) is 16.8. The first-order valence-electron chi connectivity index (χ1n) is 9.75. The molecule has 0 spiro atoms. The van der Waals surface area contributed by atoms with Gasteiger partial charge in [-0.05, 0) is 49.2 Å². The highest BCUT2D eigenvalue weighted by atomic mass is 32.1. The lowest BCUT2D eigenvalue weighted by molar-refractivity contribution is 0.0650. The maximum absolute atomic E-state index is 12.9. The predicted octanol–water partition coefficient (Wildman–Crippen LogP) is 3.80. The van der Waals surface area contributed by atoms with Gasteiger partial charge < -0.3 is 14.4 Å². The lowest BCUT2D eigenvalue weighted by atomic mass is 9.88. The Kier molecular flexibility index (Phi) is 4.67. The van der Waals surface area contributed by atoms with E-state index in [2.05, 4.69) is 4.98 Å². The van der Waals surface area contributed by atoms with Crippen LogP contribution in [0.5, 0.6) is 11.5 Å². The fourth-order valence-electron chi connectivity index (χ4n) is 3.95. The zero-order valence-electron chi connectivity index (χ0n) is 15.8. The number of fused-ring (bicyclic) bond motifs is 2. The highest BCUT2D eigenvalue weighted by Crippen LogP contribution is 2.33. The zero-order chi connectivity index (χ0) is 19.8. The van der Waals surface area contributed by atoms with Gasteiger partial charge in [0.05, 0.1) is 15.7 Å². The monoisotopic (exact) mass is 408 g/mol. The highest BCUT2D eigenvalue weighted by Gasteiger charge is 2.29. The third-order valence-corrected chi connectivity index (χ3v) is 6.35. The molecule has 2 aliphatic heterocycles. The van der Waals surface area contributed by atoms with Crippen molar-refractivity contribution in [2.75, 3.05) is 26.3 Å². The van der Waals surface area contributed by atoms with Gasteiger partial charge in [-0.1, -0.05) is 0 Å². The van der Waals surface area contributed by atoms with Crippen molar-refractivity contribution in [3.05, 3.63) is 53.0 Å². The van der Waals surface area contributed by atoms with Gasteiger partial charge in [0, 0.05) is 30.1 Å². The van der Waals surface area contributed by atoms with Crippen molar-refractivity contribution in [1.29, 1.82) is 0 Å². The van der Waals surface area contributed by atoms with E-state index in [0.29, 0.717) is 61.8 Å². The Hall–Kier alpha value is -2.93. The number of rotatable bonds is 3. The average Bonchev–Trinajstić information content (AvgIpc) is 3.26. The van der Waals surface area contributed by atoms with Crippen LogP contribution >= 0.6 is 11.3 Å². The lowest BCUT2D eigenvalue weighted by Crippen LogP contribution is -2.40. The number of aromatic nitrogens is 1. The maximum Gasteiger partial charge on any atom is 0.253 e. The summed E-state index contributed by atoms with van der Waals surface area (Å²) in [5, 5.41) is 0. The van der Waals surface area contributed by atoms with Crippen LogP contribution in [0.4, 0.5) is 0 Å². The molecule has 0 aliphatic carbocycles. The van der Waals surface area contributed by atoms with E-state index >= 15 is 0 Å². The van der Waals surface area contributed by atoms with Crippen molar-refractivity contribution in [3.8, 4) is 11.5 Å². The molecule has 1 amide bonds. The largest absolute Gasteiger partial charge is 0.486 e. The molecule has 29 heavy (non-hydrogen) atoms. The van der Waals surface area contributed by atoms with Crippen LogP contribution in [0.1, 0.15) is 33.6 Å². The summed E-state index contributed by atoms with van der Waals surface area (Å²) in [5.41, 5.74) is 4.02. The summed E-state index contributed by atoms with van der Waals surface area (Å²) in [7, 11) is 0. The molecule has 0 radical (unpaired) electrons. The molecule has 5 rings (SSSR count). The number of nitrogens with zero attached hydrogens (tertiary/aromatic N) is 2. The molecule has 0 atom stereocenters. The van der Waals surface area contributed by atoms with E-state index in [0.717, 1.165) is 10.2 Å². The first-order chi connectivity index (χ1) is 14.2. The molecule has 0 bridgehead atoms. The van der Waals surface area contributed by atoms with Crippen molar-refractivity contribution in [3.63, 3.8) is 0 Å². The number of benzene rings is 2. The molecule has 1 fully saturated rings. The van der Waals surface area contributed by atoms with Gasteiger partial charge in [-0.25, -0.2) is 4.98 Å². The molecule has 2 aromatic carbocycles. The van der Waals surface area contributed by atoms with Gasteiger partial charge in [0.25, 0.3) is 5.91 Å². The van der Waals surface area contributed by atoms with Crippen molar-refractivity contribution in [2.24, 2.45) is 5.92 Å². The standard InChI is InChI=1S/C22H20N2O4S/c25-21(15-2-4-18-19(11-15)28-10-9-27-18)14-5-7-24(8-6-14)22(26)16-1-3-17-20(12-16)29-13-23-17/h1-4,11-14H,5-10H2. The van der Waals surface area contributed by atoms with Crippen LogP contribution in [0.2, 0.25) is 0 Å². The molecular weight excluding hydrogens is 388 g/mol. The first kappa shape index (κ1) is 18.1. The smallest absolute Gasteiger partial charge is 0.253 e. The van der Waals surface area contributed by atoms with E-state index in [9.17, 15) is 9.59 Å². The second-order valence-corrected chi connectivity index (χ2v) is 8.21. The molecule has 2 aliphatic rings. The van der Waals surface area contributed by atoms with Crippen LogP contribution in [-0.4, -0.2) is 47.9 Å². The van der Waals surface area contributed by atoms with Gasteiger partial charge in [-0.3, -0.25) is 9.59 Å². The molecule has 0 saturated carbocycles. The molecule has 1 saturated heterocycles. The molecule has 148 valence electrons. The third kappa shape index (κ3) is 3.46. The van der Waals surface area contributed by atoms with Crippen LogP contribution < -0.4 is 9.47 Å². The second-order valence-electron chi connectivity index (χ2n) is 7.32. The van der Waals surface area contributed by atoms with E-state index in [1.165, 1.54) is 11.3 Å². The molecule has 3 heterocycles. The van der Waals surface area contributed by atoms with E-state index in [1.54, 1.807) is 23.7 Å². The number of amides is 1. The number of ether oxygens (including phenoxy) is 2. The van der Waals surface area contributed by atoms with E-state index in [1.807, 2.05) is 23.1 Å². The molecule has 3 aromatic rings. The Labute approximate surface area is 172 Å².